The summed E-state index contributed by atoms with van der Waals surface area (Å²) in [7, 11) is 1.33. The molecule has 1 amide bonds. The van der Waals surface area contributed by atoms with Crippen LogP contribution in [0.5, 0.6) is 5.88 Å². The maximum absolute atomic E-state index is 11.6. The van der Waals surface area contributed by atoms with Crippen LogP contribution in [0, 0.1) is 0 Å². The number of hydrogen-bond donors (Lipinski definition) is 3. The minimum Gasteiger partial charge on any atom is -0.494 e. The molecule has 0 spiro atoms. The van der Waals surface area contributed by atoms with Crippen molar-refractivity contribution >= 4 is 5.91 Å². The van der Waals surface area contributed by atoms with Crippen LogP contribution in [0.25, 0.3) is 0 Å². The normalized spacial score (nSPS) is 11.3. The molecule has 0 aromatic carbocycles. The third-order valence-electron chi connectivity index (χ3n) is 2.21. The molecular formula is C10H15N3O4. The molecule has 0 saturated carbocycles. The molecule has 7 nitrogen and oxygen atoms in total. The van der Waals surface area contributed by atoms with Gasteiger partial charge in [-0.1, -0.05) is 0 Å². The number of amides is 1. The molecule has 7 heteroatoms. The van der Waals surface area contributed by atoms with Crippen LogP contribution in [0.1, 0.15) is 31.1 Å². The van der Waals surface area contributed by atoms with E-state index in [1.54, 1.807) is 20.8 Å². The van der Waals surface area contributed by atoms with Gasteiger partial charge in [-0.15, -0.1) is 0 Å². The average molecular weight is 241 g/mol. The molecule has 3 N–H and O–H groups in total. The van der Waals surface area contributed by atoms with Crippen molar-refractivity contribution in [3.05, 3.63) is 26.4 Å². The van der Waals surface area contributed by atoms with Gasteiger partial charge in [-0.25, -0.2) is 4.79 Å². The first-order chi connectivity index (χ1) is 7.70. The lowest BCUT2D eigenvalue weighted by molar-refractivity contribution is 0.0955. The lowest BCUT2D eigenvalue weighted by atomic mass is 10.1. The van der Waals surface area contributed by atoms with E-state index in [-0.39, 0.29) is 0 Å². The van der Waals surface area contributed by atoms with Crippen molar-refractivity contribution in [1.82, 2.24) is 14.9 Å². The molecule has 94 valence electrons. The molecule has 0 unspecified atom stereocenters. The highest BCUT2D eigenvalue weighted by molar-refractivity contribution is 5.95. The van der Waals surface area contributed by atoms with Crippen LogP contribution in [0.2, 0.25) is 0 Å². The summed E-state index contributed by atoms with van der Waals surface area (Å²) in [6, 6.07) is 0. The van der Waals surface area contributed by atoms with Gasteiger partial charge in [0.25, 0.3) is 11.5 Å². The Labute approximate surface area is 97.1 Å². The Morgan fingerprint density at radius 2 is 1.88 bits per heavy atom. The van der Waals surface area contributed by atoms with E-state index in [1.165, 1.54) is 7.05 Å². The highest BCUT2D eigenvalue weighted by atomic mass is 16.3. The van der Waals surface area contributed by atoms with Crippen LogP contribution in [-0.2, 0) is 5.54 Å². The van der Waals surface area contributed by atoms with E-state index in [2.05, 4.69) is 5.32 Å². The number of nitrogens with one attached hydrogen (secondary N) is 2. The molecule has 17 heavy (non-hydrogen) atoms. The summed E-state index contributed by atoms with van der Waals surface area (Å²) in [4.78, 5) is 36.5. The molecule has 0 fully saturated rings. The van der Waals surface area contributed by atoms with Crippen molar-refractivity contribution in [2.45, 2.75) is 26.3 Å². The van der Waals surface area contributed by atoms with Gasteiger partial charge in [0.1, 0.15) is 0 Å². The number of carbonyl (C=O) groups excluding carboxylic acids is 1. The number of H-pyrrole nitrogens is 1. The molecule has 0 aliphatic carbocycles. The predicted octanol–water partition coefficient (Wildman–Crippen LogP) is -0.643. The van der Waals surface area contributed by atoms with E-state index in [0.717, 1.165) is 4.57 Å². The number of aromatic hydroxyl groups is 1. The summed E-state index contributed by atoms with van der Waals surface area (Å²) in [6.45, 7) is 5.00. The summed E-state index contributed by atoms with van der Waals surface area (Å²) >= 11 is 0. The third kappa shape index (κ3) is 2.22. The zero-order valence-electron chi connectivity index (χ0n) is 10.1. The first-order valence-corrected chi connectivity index (χ1v) is 5.01. The molecule has 0 aliphatic heterocycles. The van der Waals surface area contributed by atoms with Crippen molar-refractivity contribution in [1.29, 1.82) is 0 Å². The third-order valence-corrected chi connectivity index (χ3v) is 2.21. The first-order valence-electron chi connectivity index (χ1n) is 5.01. The standard InChI is InChI=1S/C10H15N3O4/c1-10(2,3)13-8(16)5(6(14)11-4)7(15)12-9(13)17/h16H,1-4H3,(H,11,14)(H,12,15,17). The van der Waals surface area contributed by atoms with Gasteiger partial charge in [0.2, 0.25) is 5.88 Å². The van der Waals surface area contributed by atoms with Gasteiger partial charge < -0.3 is 10.4 Å². The van der Waals surface area contributed by atoms with Crippen molar-refractivity contribution < 1.29 is 9.90 Å². The zero-order valence-corrected chi connectivity index (χ0v) is 10.1. The minimum atomic E-state index is -0.910. The van der Waals surface area contributed by atoms with Gasteiger partial charge in [0.15, 0.2) is 5.56 Å². The number of aromatic nitrogens is 2. The average Bonchev–Trinajstić information content (AvgIpc) is 2.13. The fourth-order valence-electron chi connectivity index (χ4n) is 1.48. The maximum atomic E-state index is 11.6. The fourth-order valence-corrected chi connectivity index (χ4v) is 1.48. The molecule has 1 aromatic heterocycles. The van der Waals surface area contributed by atoms with Crippen molar-refractivity contribution in [2.75, 3.05) is 7.05 Å². The van der Waals surface area contributed by atoms with E-state index in [4.69, 9.17) is 0 Å². The fraction of sp³-hybridized carbons (Fsp3) is 0.500. The van der Waals surface area contributed by atoms with Crippen LogP contribution >= 0.6 is 0 Å². The van der Waals surface area contributed by atoms with E-state index >= 15 is 0 Å². The predicted molar refractivity (Wildman–Crippen MR) is 61.4 cm³/mol. The second-order valence-corrected chi connectivity index (χ2v) is 4.54. The molecule has 0 atom stereocenters. The monoisotopic (exact) mass is 241 g/mol. The smallest absolute Gasteiger partial charge is 0.331 e. The topological polar surface area (TPSA) is 104 Å². The summed E-state index contributed by atoms with van der Waals surface area (Å²) in [5.41, 5.74) is -2.89. The van der Waals surface area contributed by atoms with E-state index < -0.39 is 34.1 Å². The second-order valence-electron chi connectivity index (χ2n) is 4.54. The van der Waals surface area contributed by atoms with Crippen LogP contribution in [0.3, 0.4) is 0 Å². The number of nitrogens with zero attached hydrogens (tertiary/aromatic N) is 1. The number of hydrogen-bond acceptors (Lipinski definition) is 4. The van der Waals surface area contributed by atoms with Crippen molar-refractivity contribution in [2.24, 2.45) is 0 Å². The Hall–Kier alpha value is -2.05. The van der Waals surface area contributed by atoms with Gasteiger partial charge >= 0.3 is 5.69 Å². The van der Waals surface area contributed by atoms with Gasteiger partial charge in [0.05, 0.1) is 0 Å². The SMILES string of the molecule is CNC(=O)c1c(O)n(C(C)(C)C)c(=O)[nH]c1=O. The van der Waals surface area contributed by atoms with Crippen molar-refractivity contribution in [3.8, 4) is 5.88 Å². The molecule has 0 aliphatic rings. The van der Waals surface area contributed by atoms with Crippen LogP contribution in [0.4, 0.5) is 0 Å². The molecule has 1 heterocycles. The molecule has 1 aromatic rings. The molecule has 0 radical (unpaired) electrons. The lowest BCUT2D eigenvalue weighted by Crippen LogP contribution is -2.42. The summed E-state index contributed by atoms with van der Waals surface area (Å²) < 4.78 is 0.957. The Bertz CT molecular complexity index is 562. The van der Waals surface area contributed by atoms with Gasteiger partial charge in [-0.05, 0) is 20.8 Å². The summed E-state index contributed by atoms with van der Waals surface area (Å²) in [6.07, 6.45) is 0. The molecule has 0 saturated heterocycles. The summed E-state index contributed by atoms with van der Waals surface area (Å²) in [5, 5.41) is 12.1. The Morgan fingerprint density at radius 3 is 2.29 bits per heavy atom. The Balaban J connectivity index is 3.73. The highest BCUT2D eigenvalue weighted by Crippen LogP contribution is 2.19. The zero-order chi connectivity index (χ0) is 13.4. The Kier molecular flexibility index (Phi) is 3.12. The van der Waals surface area contributed by atoms with Crippen LogP contribution < -0.4 is 16.6 Å². The first kappa shape index (κ1) is 13.0. The Morgan fingerprint density at radius 1 is 1.35 bits per heavy atom. The van der Waals surface area contributed by atoms with Crippen LogP contribution in [0.15, 0.2) is 9.59 Å². The van der Waals surface area contributed by atoms with Gasteiger partial charge in [0, 0.05) is 12.6 Å². The summed E-state index contributed by atoms with van der Waals surface area (Å²) in [5.74, 6) is -1.38. The maximum Gasteiger partial charge on any atom is 0.331 e. The molecular weight excluding hydrogens is 226 g/mol. The highest BCUT2D eigenvalue weighted by Gasteiger charge is 2.25. The van der Waals surface area contributed by atoms with Gasteiger partial charge in [-0.3, -0.25) is 19.1 Å². The van der Waals surface area contributed by atoms with E-state index in [1.807, 2.05) is 4.98 Å². The quantitative estimate of drug-likeness (QED) is 0.608. The van der Waals surface area contributed by atoms with Gasteiger partial charge in [-0.2, -0.15) is 0 Å². The number of rotatable bonds is 1. The molecule has 0 bridgehead atoms. The second kappa shape index (κ2) is 4.08. The van der Waals surface area contributed by atoms with Crippen LogP contribution in [-0.4, -0.2) is 27.6 Å². The van der Waals surface area contributed by atoms with E-state index in [9.17, 15) is 19.5 Å². The number of carbonyl (C=O) groups is 1. The number of aromatic amines is 1. The lowest BCUT2D eigenvalue weighted by Gasteiger charge is -2.23. The minimum absolute atomic E-state index is 0.470. The largest absolute Gasteiger partial charge is 0.494 e. The van der Waals surface area contributed by atoms with E-state index in [0.29, 0.717) is 0 Å². The molecule has 1 rings (SSSR count). The van der Waals surface area contributed by atoms with Crippen molar-refractivity contribution in [3.63, 3.8) is 0 Å².